The molecule has 0 aliphatic heterocycles. The number of rotatable bonds is 12. The van der Waals surface area contributed by atoms with E-state index in [2.05, 4.69) is 36.7 Å². The lowest BCUT2D eigenvalue weighted by atomic mass is 10.1. The average molecular weight is 452 g/mol. The smallest absolute Gasteiger partial charge is 0.408 e. The van der Waals surface area contributed by atoms with Crippen LogP contribution >= 0.6 is 21.6 Å². The van der Waals surface area contributed by atoms with Crippen LogP contribution in [0.3, 0.4) is 0 Å². The van der Waals surface area contributed by atoms with Crippen LogP contribution in [0.1, 0.15) is 60.8 Å². The minimum absolute atomic E-state index is 0.0730. The van der Waals surface area contributed by atoms with E-state index < -0.39 is 23.7 Å². The number of carboxylic acids is 1. The fourth-order valence-electron chi connectivity index (χ4n) is 2.08. The monoisotopic (exact) mass is 451 g/mol. The van der Waals surface area contributed by atoms with Crippen LogP contribution < -0.4 is 16.0 Å². The van der Waals surface area contributed by atoms with E-state index in [0.29, 0.717) is 25.1 Å². The van der Waals surface area contributed by atoms with Crippen molar-refractivity contribution < 1.29 is 24.2 Å². The van der Waals surface area contributed by atoms with Gasteiger partial charge in [0.05, 0.1) is 6.04 Å². The summed E-state index contributed by atoms with van der Waals surface area (Å²) < 4.78 is 5.22. The number of hydrogen-bond acceptors (Lipinski definition) is 7. The van der Waals surface area contributed by atoms with E-state index in [4.69, 9.17) is 4.74 Å². The molecule has 4 N–H and O–H groups in total. The molecule has 10 heteroatoms. The van der Waals surface area contributed by atoms with Crippen molar-refractivity contribution in [2.45, 2.75) is 83.2 Å². The molecule has 8 nitrogen and oxygen atoms in total. The van der Waals surface area contributed by atoms with Crippen molar-refractivity contribution in [3.8, 4) is 0 Å². The van der Waals surface area contributed by atoms with Crippen molar-refractivity contribution in [3.05, 3.63) is 0 Å². The lowest BCUT2D eigenvalue weighted by molar-refractivity contribution is -0.139. The second kappa shape index (κ2) is 13.2. The number of unbranched alkanes of at least 4 members (excludes halogenated alkanes) is 1. The third-order valence-electron chi connectivity index (χ3n) is 3.42. The Morgan fingerprint density at radius 2 is 1.66 bits per heavy atom. The zero-order valence-electron chi connectivity index (χ0n) is 18.6. The highest BCUT2D eigenvalue weighted by molar-refractivity contribution is 8.77. The summed E-state index contributed by atoms with van der Waals surface area (Å²) in [5.41, 5.74) is -0.690. The van der Waals surface area contributed by atoms with Gasteiger partial charge in [-0.1, -0.05) is 42.4 Å². The summed E-state index contributed by atoms with van der Waals surface area (Å²) >= 11 is 0. The molecule has 0 radical (unpaired) electrons. The molecule has 2 amide bonds. The molecule has 0 rings (SSSR count). The van der Waals surface area contributed by atoms with E-state index in [9.17, 15) is 19.5 Å². The SMILES string of the molecule is CNC(CSSC(C)(C)C)C(=O)NCCCCC(NC(=O)OC(C)(C)C)C(=O)O. The van der Waals surface area contributed by atoms with Gasteiger partial charge in [0.2, 0.25) is 5.91 Å². The van der Waals surface area contributed by atoms with Crippen LogP contribution in [0.25, 0.3) is 0 Å². The number of ether oxygens (including phenoxy) is 1. The van der Waals surface area contributed by atoms with Crippen LogP contribution in [0.5, 0.6) is 0 Å². The zero-order chi connectivity index (χ0) is 22.7. The first-order chi connectivity index (χ1) is 13.2. The molecule has 0 aliphatic carbocycles. The van der Waals surface area contributed by atoms with Crippen LogP contribution in [-0.4, -0.2) is 64.9 Å². The van der Waals surface area contributed by atoms with Crippen molar-refractivity contribution in [2.75, 3.05) is 19.3 Å². The van der Waals surface area contributed by atoms with Gasteiger partial charge in [0, 0.05) is 17.0 Å². The third kappa shape index (κ3) is 15.4. The van der Waals surface area contributed by atoms with Crippen LogP contribution in [0.15, 0.2) is 0 Å². The van der Waals surface area contributed by atoms with Crippen molar-refractivity contribution in [3.63, 3.8) is 0 Å². The Balaban J connectivity index is 4.21. The molecular formula is C19H37N3O5S2. The Hall–Kier alpha value is -1.13. The largest absolute Gasteiger partial charge is 0.480 e. The Labute approximate surface area is 182 Å². The number of aliphatic carboxylic acids is 1. The topological polar surface area (TPSA) is 117 Å². The molecule has 0 saturated carbocycles. The number of carbonyl (C=O) groups is 3. The summed E-state index contributed by atoms with van der Waals surface area (Å²) in [5, 5.41) is 17.5. The maximum absolute atomic E-state index is 12.2. The Morgan fingerprint density at radius 1 is 1.03 bits per heavy atom. The van der Waals surface area contributed by atoms with E-state index >= 15 is 0 Å². The van der Waals surface area contributed by atoms with Crippen LogP contribution in [0.2, 0.25) is 0 Å². The van der Waals surface area contributed by atoms with Gasteiger partial charge in [-0.15, -0.1) is 0 Å². The van der Waals surface area contributed by atoms with Crippen LogP contribution in [0.4, 0.5) is 4.79 Å². The molecule has 170 valence electrons. The number of alkyl carbamates (subject to hydrolysis) is 1. The standard InChI is InChI=1S/C19H37N3O5S2/c1-18(2,3)27-17(26)22-13(16(24)25)10-8-9-11-21-15(23)14(20-7)12-28-29-19(4,5)6/h13-14,20H,8-12H2,1-7H3,(H,21,23)(H,22,26)(H,24,25). The molecule has 0 aromatic carbocycles. The molecule has 0 spiro atoms. The molecule has 0 fully saturated rings. The number of carbonyl (C=O) groups excluding carboxylic acids is 2. The second-order valence-electron chi connectivity index (χ2n) is 8.65. The molecule has 0 saturated heterocycles. The number of amides is 2. The normalized spacial score (nSPS) is 14.0. The maximum Gasteiger partial charge on any atom is 0.408 e. The van der Waals surface area contributed by atoms with E-state index in [1.54, 1.807) is 49.4 Å². The summed E-state index contributed by atoms with van der Waals surface area (Å²) in [7, 11) is 5.15. The first-order valence-corrected chi connectivity index (χ1v) is 12.0. The van der Waals surface area contributed by atoms with Crippen LogP contribution in [0, 0.1) is 0 Å². The van der Waals surface area contributed by atoms with Crippen molar-refractivity contribution in [1.29, 1.82) is 0 Å². The van der Waals surface area contributed by atoms with Crippen molar-refractivity contribution >= 4 is 39.6 Å². The molecule has 0 aliphatic rings. The van der Waals surface area contributed by atoms with Crippen LogP contribution in [-0.2, 0) is 14.3 Å². The van der Waals surface area contributed by atoms with Crippen molar-refractivity contribution in [2.24, 2.45) is 0 Å². The molecule has 29 heavy (non-hydrogen) atoms. The molecule has 0 aromatic heterocycles. The van der Waals surface area contributed by atoms with Gasteiger partial charge in [-0.2, -0.15) is 0 Å². The second-order valence-corrected chi connectivity index (χ2v) is 11.8. The summed E-state index contributed by atoms with van der Waals surface area (Å²) in [5.74, 6) is -0.523. The van der Waals surface area contributed by atoms with Gasteiger partial charge in [0.1, 0.15) is 11.6 Å². The summed E-state index contributed by atoms with van der Waals surface area (Å²) in [6, 6.07) is -1.30. The minimum Gasteiger partial charge on any atom is -0.480 e. The average Bonchev–Trinajstić information content (AvgIpc) is 2.54. The van der Waals surface area contributed by atoms with Gasteiger partial charge in [-0.3, -0.25) is 4.79 Å². The van der Waals surface area contributed by atoms with E-state index in [-0.39, 0.29) is 23.1 Å². The summed E-state index contributed by atoms with van der Waals surface area (Å²) in [4.78, 5) is 35.3. The lowest BCUT2D eigenvalue weighted by Crippen LogP contribution is -2.45. The zero-order valence-corrected chi connectivity index (χ0v) is 20.2. The third-order valence-corrected chi connectivity index (χ3v) is 6.77. The van der Waals surface area contributed by atoms with Crippen molar-refractivity contribution in [1.82, 2.24) is 16.0 Å². The predicted molar refractivity (Wildman–Crippen MR) is 120 cm³/mol. The molecular weight excluding hydrogens is 414 g/mol. The molecule has 0 aromatic rings. The maximum atomic E-state index is 12.2. The molecule has 2 unspecified atom stereocenters. The number of hydrogen-bond donors (Lipinski definition) is 4. The first kappa shape index (κ1) is 27.9. The van der Waals surface area contributed by atoms with Gasteiger partial charge in [0.15, 0.2) is 0 Å². The highest BCUT2D eigenvalue weighted by Gasteiger charge is 2.23. The minimum atomic E-state index is -1.11. The molecule has 2 atom stereocenters. The van der Waals surface area contributed by atoms with Gasteiger partial charge in [-0.05, 0) is 47.1 Å². The molecule has 0 bridgehead atoms. The summed E-state index contributed by atoms with van der Waals surface area (Å²) in [6.07, 6.45) is 0.677. The van der Waals surface area contributed by atoms with E-state index in [0.717, 1.165) is 0 Å². The number of carboxylic acid groups (broad SMARTS) is 1. The Bertz CT molecular complexity index is 533. The lowest BCUT2D eigenvalue weighted by Gasteiger charge is -2.22. The Kier molecular flexibility index (Phi) is 12.7. The van der Waals surface area contributed by atoms with Gasteiger partial charge in [-0.25, -0.2) is 9.59 Å². The highest BCUT2D eigenvalue weighted by Crippen LogP contribution is 2.35. The highest BCUT2D eigenvalue weighted by atomic mass is 33.1. The van der Waals surface area contributed by atoms with E-state index in [1.165, 1.54) is 0 Å². The number of nitrogens with one attached hydrogen (secondary N) is 3. The quantitative estimate of drug-likeness (QED) is 0.264. The molecule has 0 heterocycles. The van der Waals surface area contributed by atoms with Gasteiger partial charge in [0.25, 0.3) is 0 Å². The van der Waals surface area contributed by atoms with Gasteiger partial charge < -0.3 is 25.8 Å². The van der Waals surface area contributed by atoms with E-state index in [1.807, 2.05) is 0 Å². The predicted octanol–water partition coefficient (Wildman–Crippen LogP) is 3.02. The number of likely N-dealkylation sites (N-methyl/N-ethyl adjacent to an activating group) is 1. The summed E-state index contributed by atoms with van der Waals surface area (Å²) in [6.45, 7) is 12.0. The Morgan fingerprint density at radius 3 is 2.14 bits per heavy atom. The fraction of sp³-hybridized carbons (Fsp3) is 0.842. The fourth-order valence-corrected chi connectivity index (χ4v) is 4.63. The first-order valence-electron chi connectivity index (χ1n) is 9.73. The van der Waals surface area contributed by atoms with Gasteiger partial charge >= 0.3 is 12.1 Å².